The van der Waals surface area contributed by atoms with Gasteiger partial charge in [0, 0.05) is 24.8 Å². The zero-order valence-electron chi connectivity index (χ0n) is 13.5. The number of aryl methyl sites for hydroxylation is 1. The summed E-state index contributed by atoms with van der Waals surface area (Å²) in [6.07, 6.45) is 1.78. The normalized spacial score (nSPS) is 14.8. The summed E-state index contributed by atoms with van der Waals surface area (Å²) in [7, 11) is 0. The first-order valence-electron chi connectivity index (χ1n) is 8.00. The van der Waals surface area contributed by atoms with Gasteiger partial charge in [0.15, 0.2) is 0 Å². The third kappa shape index (κ3) is 2.88. The number of nitrogens with zero attached hydrogens (tertiary/aromatic N) is 4. The highest BCUT2D eigenvalue weighted by Gasteiger charge is 2.20. The molecule has 6 nitrogen and oxygen atoms in total. The van der Waals surface area contributed by atoms with Gasteiger partial charge in [-0.2, -0.15) is 0 Å². The maximum atomic E-state index is 5.91. The van der Waals surface area contributed by atoms with Crippen molar-refractivity contribution < 1.29 is 9.15 Å². The minimum atomic E-state index is 0.486. The van der Waals surface area contributed by atoms with Gasteiger partial charge in [-0.25, -0.2) is 4.98 Å². The smallest absolute Gasteiger partial charge is 0.251 e. The first kappa shape index (κ1) is 14.8. The Morgan fingerprint density at radius 2 is 1.71 bits per heavy atom. The number of morpholine rings is 1. The standard InChI is InChI=1S/C18H18N4O2/c1-13-4-6-14(7-5-13)17-20-21-18(24-17)15-3-2-8-19-16(15)22-9-11-23-12-10-22/h2-8H,9-12H2,1H3. The molecule has 1 aliphatic rings. The summed E-state index contributed by atoms with van der Waals surface area (Å²) < 4.78 is 11.3. The van der Waals surface area contributed by atoms with E-state index < -0.39 is 0 Å². The molecule has 122 valence electrons. The summed E-state index contributed by atoms with van der Waals surface area (Å²) in [5.41, 5.74) is 2.96. The number of hydrogen-bond acceptors (Lipinski definition) is 6. The Bertz CT molecular complexity index is 823. The van der Waals surface area contributed by atoms with Crippen LogP contribution in [0.5, 0.6) is 0 Å². The topological polar surface area (TPSA) is 64.3 Å². The number of aromatic nitrogens is 3. The lowest BCUT2D eigenvalue weighted by atomic mass is 10.1. The Hall–Kier alpha value is -2.73. The van der Waals surface area contributed by atoms with Crippen LogP contribution in [-0.2, 0) is 4.74 Å². The molecule has 1 saturated heterocycles. The molecule has 2 aromatic heterocycles. The second-order valence-electron chi connectivity index (χ2n) is 5.75. The summed E-state index contributed by atoms with van der Waals surface area (Å²) in [6, 6.07) is 11.9. The predicted molar refractivity (Wildman–Crippen MR) is 90.7 cm³/mol. The van der Waals surface area contributed by atoms with E-state index in [2.05, 4.69) is 20.1 Å². The van der Waals surface area contributed by atoms with E-state index in [1.165, 1.54) is 5.56 Å². The number of ether oxygens (including phenoxy) is 1. The van der Waals surface area contributed by atoms with Gasteiger partial charge in [0.1, 0.15) is 5.82 Å². The van der Waals surface area contributed by atoms with Crippen LogP contribution in [0.2, 0.25) is 0 Å². The lowest BCUT2D eigenvalue weighted by molar-refractivity contribution is 0.122. The van der Waals surface area contributed by atoms with Crippen LogP contribution < -0.4 is 4.90 Å². The molecule has 1 fully saturated rings. The molecule has 24 heavy (non-hydrogen) atoms. The quantitative estimate of drug-likeness (QED) is 0.739. The summed E-state index contributed by atoms with van der Waals surface area (Å²) in [4.78, 5) is 6.70. The van der Waals surface area contributed by atoms with Crippen molar-refractivity contribution in [3.63, 3.8) is 0 Å². The molecular formula is C18H18N4O2. The van der Waals surface area contributed by atoms with Crippen molar-refractivity contribution >= 4 is 5.82 Å². The molecule has 6 heteroatoms. The van der Waals surface area contributed by atoms with Crippen LogP contribution in [0, 0.1) is 6.92 Å². The highest BCUT2D eigenvalue weighted by atomic mass is 16.5. The van der Waals surface area contributed by atoms with Crippen LogP contribution in [0.25, 0.3) is 22.9 Å². The maximum absolute atomic E-state index is 5.91. The van der Waals surface area contributed by atoms with E-state index in [9.17, 15) is 0 Å². The molecule has 0 unspecified atom stereocenters. The average molecular weight is 322 g/mol. The molecule has 0 bridgehead atoms. The van der Waals surface area contributed by atoms with Crippen LogP contribution in [-0.4, -0.2) is 41.5 Å². The van der Waals surface area contributed by atoms with Crippen LogP contribution in [0.1, 0.15) is 5.56 Å². The summed E-state index contributed by atoms with van der Waals surface area (Å²) in [6.45, 7) is 5.07. The first-order chi connectivity index (χ1) is 11.8. The fourth-order valence-corrected chi connectivity index (χ4v) is 2.74. The molecule has 3 aromatic rings. The Labute approximate surface area is 140 Å². The molecule has 0 aliphatic carbocycles. The molecule has 0 amide bonds. The monoisotopic (exact) mass is 322 g/mol. The minimum Gasteiger partial charge on any atom is -0.416 e. The third-order valence-corrected chi connectivity index (χ3v) is 4.05. The van der Waals surface area contributed by atoms with Crippen LogP contribution in [0.3, 0.4) is 0 Å². The number of rotatable bonds is 3. The largest absolute Gasteiger partial charge is 0.416 e. The Morgan fingerprint density at radius 3 is 2.50 bits per heavy atom. The Kier molecular flexibility index (Phi) is 3.96. The summed E-state index contributed by atoms with van der Waals surface area (Å²) in [5, 5.41) is 8.42. The van der Waals surface area contributed by atoms with Crippen molar-refractivity contribution in [1.82, 2.24) is 15.2 Å². The summed E-state index contributed by atoms with van der Waals surface area (Å²) in [5.74, 6) is 1.86. The van der Waals surface area contributed by atoms with Crippen LogP contribution >= 0.6 is 0 Å². The number of hydrogen-bond donors (Lipinski definition) is 0. The lowest BCUT2D eigenvalue weighted by Crippen LogP contribution is -2.37. The van der Waals surface area contributed by atoms with Gasteiger partial charge in [-0.1, -0.05) is 17.7 Å². The van der Waals surface area contributed by atoms with Gasteiger partial charge in [0.05, 0.1) is 18.8 Å². The van der Waals surface area contributed by atoms with Gasteiger partial charge in [-0.3, -0.25) is 0 Å². The maximum Gasteiger partial charge on any atom is 0.251 e. The molecular weight excluding hydrogens is 304 g/mol. The number of benzene rings is 1. The van der Waals surface area contributed by atoms with E-state index in [1.54, 1.807) is 6.20 Å². The number of anilines is 1. The fourth-order valence-electron chi connectivity index (χ4n) is 2.74. The van der Waals surface area contributed by atoms with Crippen molar-refractivity contribution in [3.05, 3.63) is 48.2 Å². The second kappa shape index (κ2) is 6.41. The highest BCUT2D eigenvalue weighted by Crippen LogP contribution is 2.30. The molecule has 0 N–H and O–H groups in total. The van der Waals surface area contributed by atoms with E-state index in [-0.39, 0.29) is 0 Å². The number of pyridine rings is 1. The fraction of sp³-hybridized carbons (Fsp3) is 0.278. The van der Waals surface area contributed by atoms with Crippen molar-refractivity contribution in [3.8, 4) is 22.9 Å². The average Bonchev–Trinajstić information content (AvgIpc) is 3.13. The van der Waals surface area contributed by atoms with Crippen molar-refractivity contribution in [2.45, 2.75) is 6.92 Å². The molecule has 4 rings (SSSR count). The molecule has 0 radical (unpaired) electrons. The third-order valence-electron chi connectivity index (χ3n) is 4.05. The van der Waals surface area contributed by atoms with Gasteiger partial charge in [0.2, 0.25) is 5.89 Å². The van der Waals surface area contributed by atoms with E-state index >= 15 is 0 Å². The lowest BCUT2D eigenvalue weighted by Gasteiger charge is -2.28. The van der Waals surface area contributed by atoms with Gasteiger partial charge < -0.3 is 14.1 Å². The molecule has 0 atom stereocenters. The zero-order valence-corrected chi connectivity index (χ0v) is 13.5. The van der Waals surface area contributed by atoms with Gasteiger partial charge in [0.25, 0.3) is 5.89 Å². The van der Waals surface area contributed by atoms with Gasteiger partial charge >= 0.3 is 0 Å². The first-order valence-corrected chi connectivity index (χ1v) is 8.00. The predicted octanol–water partition coefficient (Wildman–Crippen LogP) is 2.94. The van der Waals surface area contributed by atoms with Crippen molar-refractivity contribution in [2.24, 2.45) is 0 Å². The Morgan fingerprint density at radius 1 is 0.958 bits per heavy atom. The van der Waals surface area contributed by atoms with Gasteiger partial charge in [-0.05, 0) is 31.2 Å². The van der Waals surface area contributed by atoms with E-state index in [0.717, 1.165) is 30.0 Å². The molecule has 0 saturated carbocycles. The van der Waals surface area contributed by atoms with E-state index in [0.29, 0.717) is 25.0 Å². The molecule has 1 aliphatic heterocycles. The second-order valence-corrected chi connectivity index (χ2v) is 5.75. The van der Waals surface area contributed by atoms with E-state index in [1.807, 2.05) is 43.3 Å². The van der Waals surface area contributed by atoms with Gasteiger partial charge in [-0.15, -0.1) is 10.2 Å². The molecule has 3 heterocycles. The Balaban J connectivity index is 1.68. The van der Waals surface area contributed by atoms with Crippen molar-refractivity contribution in [2.75, 3.05) is 31.2 Å². The zero-order chi connectivity index (χ0) is 16.4. The SMILES string of the molecule is Cc1ccc(-c2nnc(-c3cccnc3N3CCOCC3)o2)cc1. The summed E-state index contributed by atoms with van der Waals surface area (Å²) >= 11 is 0. The molecule has 0 spiro atoms. The van der Waals surface area contributed by atoms with Crippen LogP contribution in [0.4, 0.5) is 5.82 Å². The van der Waals surface area contributed by atoms with E-state index in [4.69, 9.17) is 9.15 Å². The highest BCUT2D eigenvalue weighted by molar-refractivity contribution is 5.70. The van der Waals surface area contributed by atoms with Crippen LogP contribution in [0.15, 0.2) is 47.0 Å². The van der Waals surface area contributed by atoms with Crippen molar-refractivity contribution in [1.29, 1.82) is 0 Å². The minimum absolute atomic E-state index is 0.486. The molecule has 1 aromatic carbocycles.